The molecule has 5 rings (SSSR count). The quantitative estimate of drug-likeness (QED) is 0.377. The van der Waals surface area contributed by atoms with Crippen molar-refractivity contribution >= 4 is 22.8 Å². The summed E-state index contributed by atoms with van der Waals surface area (Å²) < 4.78 is 1.97. The zero-order valence-electron chi connectivity index (χ0n) is 20.7. The van der Waals surface area contributed by atoms with Crippen molar-refractivity contribution < 1.29 is 9.59 Å². The molecule has 0 spiro atoms. The number of hydrogen-bond donors (Lipinski definition) is 2. The largest absolute Gasteiger partial charge is 0.352 e. The van der Waals surface area contributed by atoms with Crippen LogP contribution in [0.1, 0.15) is 57.4 Å². The van der Waals surface area contributed by atoms with Crippen LogP contribution in [0.4, 0.5) is 0 Å². The van der Waals surface area contributed by atoms with Crippen LogP contribution in [0.5, 0.6) is 0 Å². The lowest BCUT2D eigenvalue weighted by Crippen LogP contribution is -2.41. The van der Waals surface area contributed by atoms with E-state index in [1.54, 1.807) is 29.6 Å². The van der Waals surface area contributed by atoms with Gasteiger partial charge >= 0.3 is 0 Å². The SMILES string of the molecule is Cc1ccc(C(=O)NCCCn2ccnc2)c(C2CCN(C(=O)c3nc4ccccc4[nH]c3=O)CC2)n1. The first kappa shape index (κ1) is 24.4. The van der Waals surface area contributed by atoms with Gasteiger partial charge in [0, 0.05) is 50.2 Å². The number of hydrogen-bond acceptors (Lipinski definition) is 6. The minimum absolute atomic E-state index is 0.0403. The number of fused-ring (bicyclic) bond motifs is 1. The number of amides is 2. The molecule has 4 heterocycles. The minimum atomic E-state index is -0.488. The van der Waals surface area contributed by atoms with E-state index in [1.165, 1.54) is 0 Å². The van der Waals surface area contributed by atoms with Gasteiger partial charge in [-0.3, -0.25) is 19.4 Å². The summed E-state index contributed by atoms with van der Waals surface area (Å²) >= 11 is 0. The van der Waals surface area contributed by atoms with Crippen LogP contribution in [0.3, 0.4) is 0 Å². The highest BCUT2D eigenvalue weighted by atomic mass is 16.2. The van der Waals surface area contributed by atoms with Crippen LogP contribution in [0.25, 0.3) is 11.0 Å². The number of likely N-dealkylation sites (tertiary alicyclic amines) is 1. The maximum Gasteiger partial charge on any atom is 0.280 e. The molecule has 0 saturated carbocycles. The highest BCUT2D eigenvalue weighted by molar-refractivity contribution is 5.95. The molecule has 37 heavy (non-hydrogen) atoms. The molecule has 1 aliphatic heterocycles. The van der Waals surface area contributed by atoms with Gasteiger partial charge < -0.3 is 19.8 Å². The van der Waals surface area contributed by atoms with E-state index in [0.717, 1.165) is 24.4 Å². The number of H-pyrrole nitrogens is 1. The number of nitrogens with zero attached hydrogens (tertiary/aromatic N) is 5. The number of carbonyl (C=O) groups excluding carboxylic acids is 2. The second-order valence-corrected chi connectivity index (χ2v) is 9.29. The molecular formula is C27H29N7O3. The van der Waals surface area contributed by atoms with Crippen molar-refractivity contribution in [1.29, 1.82) is 0 Å². The lowest BCUT2D eigenvalue weighted by molar-refractivity contribution is 0.0703. The lowest BCUT2D eigenvalue weighted by atomic mass is 9.89. The van der Waals surface area contributed by atoms with Gasteiger partial charge in [-0.05, 0) is 50.5 Å². The van der Waals surface area contributed by atoms with E-state index < -0.39 is 5.56 Å². The van der Waals surface area contributed by atoms with Gasteiger partial charge in [0.25, 0.3) is 17.4 Å². The Bertz CT molecular complexity index is 1470. The average molecular weight is 500 g/mol. The van der Waals surface area contributed by atoms with E-state index in [1.807, 2.05) is 42.0 Å². The van der Waals surface area contributed by atoms with Gasteiger partial charge in [-0.15, -0.1) is 0 Å². The number of para-hydroxylation sites is 2. The number of carbonyl (C=O) groups is 2. The Kier molecular flexibility index (Phi) is 7.07. The topological polar surface area (TPSA) is 126 Å². The van der Waals surface area contributed by atoms with Crippen molar-refractivity contribution in [1.82, 2.24) is 34.7 Å². The maximum atomic E-state index is 13.1. The first-order valence-electron chi connectivity index (χ1n) is 12.5. The molecule has 3 aromatic heterocycles. The molecule has 2 amide bonds. The standard InChI is InChI=1S/C27H29N7O3/c1-18-7-8-20(25(35)29-11-4-13-33-16-12-28-17-33)23(30-18)19-9-14-34(15-10-19)27(37)24-26(36)32-22-6-3-2-5-21(22)31-24/h2-3,5-8,12,16-17,19H,4,9-11,13-15H2,1H3,(H,29,35)(H,32,36). The molecule has 1 fully saturated rings. The van der Waals surface area contributed by atoms with Crippen molar-refractivity contribution in [2.75, 3.05) is 19.6 Å². The molecule has 190 valence electrons. The van der Waals surface area contributed by atoms with Crippen LogP contribution in [0.15, 0.2) is 59.9 Å². The molecule has 2 N–H and O–H groups in total. The molecule has 1 aromatic carbocycles. The summed E-state index contributed by atoms with van der Waals surface area (Å²) in [7, 11) is 0. The fourth-order valence-corrected chi connectivity index (χ4v) is 4.74. The van der Waals surface area contributed by atoms with Crippen LogP contribution in [-0.4, -0.2) is 60.9 Å². The lowest BCUT2D eigenvalue weighted by Gasteiger charge is -2.32. The number of piperidine rings is 1. The predicted octanol–water partition coefficient (Wildman–Crippen LogP) is 2.66. The summed E-state index contributed by atoms with van der Waals surface area (Å²) in [5, 5.41) is 3.01. The third-order valence-electron chi connectivity index (χ3n) is 6.72. The molecule has 1 aliphatic rings. The number of benzene rings is 1. The first-order chi connectivity index (χ1) is 18.0. The number of aryl methyl sites for hydroxylation is 2. The third-order valence-corrected chi connectivity index (χ3v) is 6.72. The summed E-state index contributed by atoms with van der Waals surface area (Å²) in [5.41, 5.74) is 2.77. The molecule has 0 radical (unpaired) electrons. The number of nitrogens with one attached hydrogen (secondary N) is 2. The van der Waals surface area contributed by atoms with E-state index >= 15 is 0 Å². The highest BCUT2D eigenvalue weighted by Crippen LogP contribution is 2.30. The Balaban J connectivity index is 1.24. The fraction of sp³-hybridized carbons (Fsp3) is 0.333. The summed E-state index contributed by atoms with van der Waals surface area (Å²) in [4.78, 5) is 56.1. The van der Waals surface area contributed by atoms with Gasteiger partial charge in [0.15, 0.2) is 5.69 Å². The number of aromatic nitrogens is 5. The van der Waals surface area contributed by atoms with Gasteiger partial charge in [0.2, 0.25) is 0 Å². The third kappa shape index (κ3) is 5.42. The molecule has 10 heteroatoms. The number of aromatic amines is 1. The van der Waals surface area contributed by atoms with Crippen molar-refractivity contribution in [3.8, 4) is 0 Å². The highest BCUT2D eigenvalue weighted by Gasteiger charge is 2.30. The number of imidazole rings is 1. The number of pyridine rings is 1. The van der Waals surface area contributed by atoms with Gasteiger partial charge in [-0.2, -0.15) is 0 Å². The second-order valence-electron chi connectivity index (χ2n) is 9.29. The van der Waals surface area contributed by atoms with Gasteiger partial charge in [0.05, 0.1) is 28.6 Å². The van der Waals surface area contributed by atoms with Crippen LogP contribution >= 0.6 is 0 Å². The van der Waals surface area contributed by atoms with Gasteiger partial charge in [-0.25, -0.2) is 9.97 Å². The predicted molar refractivity (Wildman–Crippen MR) is 138 cm³/mol. The van der Waals surface area contributed by atoms with Gasteiger partial charge in [0.1, 0.15) is 0 Å². The smallest absolute Gasteiger partial charge is 0.280 e. The van der Waals surface area contributed by atoms with E-state index in [9.17, 15) is 14.4 Å². The zero-order chi connectivity index (χ0) is 25.8. The molecule has 0 unspecified atom stereocenters. The second kappa shape index (κ2) is 10.7. The van der Waals surface area contributed by atoms with Gasteiger partial charge in [-0.1, -0.05) is 12.1 Å². The molecule has 0 atom stereocenters. The van der Waals surface area contributed by atoms with E-state index in [4.69, 9.17) is 4.98 Å². The van der Waals surface area contributed by atoms with Crippen molar-refractivity contribution in [2.45, 2.75) is 38.6 Å². The minimum Gasteiger partial charge on any atom is -0.352 e. The van der Waals surface area contributed by atoms with E-state index in [0.29, 0.717) is 49.1 Å². The van der Waals surface area contributed by atoms with E-state index in [-0.39, 0.29) is 23.4 Å². The maximum absolute atomic E-state index is 13.1. The first-order valence-corrected chi connectivity index (χ1v) is 12.5. The summed E-state index contributed by atoms with van der Waals surface area (Å²) in [6.07, 6.45) is 7.47. The monoisotopic (exact) mass is 499 g/mol. The number of rotatable bonds is 7. The average Bonchev–Trinajstić information content (AvgIpc) is 3.44. The molecule has 4 aromatic rings. The zero-order valence-corrected chi connectivity index (χ0v) is 20.7. The molecule has 0 bridgehead atoms. The summed E-state index contributed by atoms with van der Waals surface area (Å²) in [5.74, 6) is -0.476. The van der Waals surface area contributed by atoms with Crippen LogP contribution in [0.2, 0.25) is 0 Å². The summed E-state index contributed by atoms with van der Waals surface area (Å²) in [6, 6.07) is 10.8. The van der Waals surface area contributed by atoms with Crippen LogP contribution < -0.4 is 10.9 Å². The fourth-order valence-electron chi connectivity index (χ4n) is 4.74. The Morgan fingerprint density at radius 1 is 1.11 bits per heavy atom. The molecule has 0 aliphatic carbocycles. The Hall–Kier alpha value is -4.34. The molecular weight excluding hydrogens is 470 g/mol. The van der Waals surface area contributed by atoms with Crippen molar-refractivity contribution in [2.24, 2.45) is 0 Å². The summed E-state index contributed by atoms with van der Waals surface area (Å²) in [6.45, 7) is 4.15. The van der Waals surface area contributed by atoms with Crippen LogP contribution in [-0.2, 0) is 6.54 Å². The van der Waals surface area contributed by atoms with Crippen molar-refractivity contribution in [3.05, 3.63) is 88.1 Å². The molecule has 10 nitrogen and oxygen atoms in total. The van der Waals surface area contributed by atoms with Crippen LogP contribution in [0, 0.1) is 6.92 Å². The Labute approximate surface area is 213 Å². The Morgan fingerprint density at radius 3 is 2.70 bits per heavy atom. The van der Waals surface area contributed by atoms with Crippen molar-refractivity contribution in [3.63, 3.8) is 0 Å². The van der Waals surface area contributed by atoms with E-state index in [2.05, 4.69) is 20.3 Å². The Morgan fingerprint density at radius 2 is 1.92 bits per heavy atom. The normalized spacial score (nSPS) is 14.1. The molecule has 1 saturated heterocycles.